The summed E-state index contributed by atoms with van der Waals surface area (Å²) in [4.78, 5) is 26.1. The number of likely N-dealkylation sites (tertiary alicyclic amines) is 1. The molecule has 0 radical (unpaired) electrons. The fourth-order valence-electron chi connectivity index (χ4n) is 3.28. The molecular formula is C18H31NO4. The lowest BCUT2D eigenvalue weighted by Gasteiger charge is -2.29. The number of amides is 1. The number of carbonyl (C=O) groups excluding carboxylic acids is 2. The van der Waals surface area contributed by atoms with Gasteiger partial charge in [0, 0.05) is 18.9 Å². The highest BCUT2D eigenvalue weighted by Crippen LogP contribution is 2.28. The molecule has 0 aromatic rings. The van der Waals surface area contributed by atoms with Crippen LogP contribution in [0.5, 0.6) is 0 Å². The van der Waals surface area contributed by atoms with E-state index in [1.165, 1.54) is 12.0 Å². The molecule has 0 saturated carbocycles. The van der Waals surface area contributed by atoms with E-state index >= 15 is 0 Å². The molecule has 1 amide bonds. The third kappa shape index (κ3) is 5.34. The number of hydrogen-bond acceptors (Lipinski definition) is 4. The van der Waals surface area contributed by atoms with Gasteiger partial charge in [0.15, 0.2) is 0 Å². The van der Waals surface area contributed by atoms with Gasteiger partial charge in [-0.3, -0.25) is 4.79 Å². The molecule has 5 nitrogen and oxygen atoms in total. The predicted molar refractivity (Wildman–Crippen MR) is 89.7 cm³/mol. The Morgan fingerprint density at radius 1 is 1.39 bits per heavy atom. The second-order valence-electron chi connectivity index (χ2n) is 6.89. The predicted octanol–water partition coefficient (Wildman–Crippen LogP) is 2.39. The van der Waals surface area contributed by atoms with Gasteiger partial charge < -0.3 is 14.7 Å². The maximum absolute atomic E-state index is 12.7. The van der Waals surface area contributed by atoms with Crippen molar-refractivity contribution in [2.24, 2.45) is 17.8 Å². The second-order valence-corrected chi connectivity index (χ2v) is 6.89. The number of methoxy groups -OCH3 is 1. The van der Waals surface area contributed by atoms with Crippen LogP contribution in [-0.2, 0) is 14.3 Å². The zero-order valence-electron chi connectivity index (χ0n) is 14.8. The van der Waals surface area contributed by atoms with Crippen LogP contribution in [0.2, 0.25) is 0 Å². The summed E-state index contributed by atoms with van der Waals surface area (Å²) in [6, 6.07) is -0.657. The molecule has 1 unspecified atom stereocenters. The Kier molecular flexibility index (Phi) is 7.76. The second kappa shape index (κ2) is 9.06. The molecule has 1 fully saturated rings. The van der Waals surface area contributed by atoms with E-state index in [-0.39, 0.29) is 30.7 Å². The van der Waals surface area contributed by atoms with E-state index in [1.807, 2.05) is 13.0 Å². The molecule has 0 aliphatic carbocycles. The highest BCUT2D eigenvalue weighted by Gasteiger charge is 2.41. The van der Waals surface area contributed by atoms with E-state index in [9.17, 15) is 14.7 Å². The Balaban J connectivity index is 2.66. The third-order valence-corrected chi connectivity index (χ3v) is 4.92. The summed E-state index contributed by atoms with van der Waals surface area (Å²) in [5, 5.41) is 9.82. The van der Waals surface area contributed by atoms with Gasteiger partial charge in [0.05, 0.1) is 13.2 Å². The van der Waals surface area contributed by atoms with E-state index < -0.39 is 18.1 Å². The molecule has 23 heavy (non-hydrogen) atoms. The number of β-amino-alcohol motifs (C(OH)–C–C–N with tert-alkyl or cyclic N) is 1. The van der Waals surface area contributed by atoms with Gasteiger partial charge in [0.2, 0.25) is 5.91 Å². The molecule has 0 bridgehead atoms. The Morgan fingerprint density at radius 3 is 2.61 bits per heavy atom. The molecule has 1 aliphatic heterocycles. The number of ether oxygens (including phenoxy) is 1. The Hall–Kier alpha value is -1.36. The van der Waals surface area contributed by atoms with Crippen molar-refractivity contribution in [1.82, 2.24) is 4.90 Å². The third-order valence-electron chi connectivity index (χ3n) is 4.92. The summed E-state index contributed by atoms with van der Waals surface area (Å²) in [6.45, 7) is 10.1. The van der Waals surface area contributed by atoms with Crippen molar-refractivity contribution in [3.8, 4) is 0 Å². The van der Waals surface area contributed by atoms with Gasteiger partial charge in [-0.1, -0.05) is 26.8 Å². The first-order chi connectivity index (χ1) is 10.8. The van der Waals surface area contributed by atoms with Crippen molar-refractivity contribution in [3.05, 3.63) is 12.7 Å². The van der Waals surface area contributed by atoms with Crippen molar-refractivity contribution >= 4 is 11.9 Å². The van der Waals surface area contributed by atoms with E-state index in [2.05, 4.69) is 20.4 Å². The minimum atomic E-state index is -0.657. The Bertz CT molecular complexity index is 423. The van der Waals surface area contributed by atoms with Gasteiger partial charge in [0.1, 0.15) is 6.04 Å². The lowest BCUT2D eigenvalue weighted by molar-refractivity contribution is -0.152. The van der Waals surface area contributed by atoms with Crippen LogP contribution in [0, 0.1) is 17.8 Å². The van der Waals surface area contributed by atoms with Crippen LogP contribution >= 0.6 is 0 Å². The van der Waals surface area contributed by atoms with Gasteiger partial charge in [-0.15, -0.1) is 6.58 Å². The van der Waals surface area contributed by atoms with Crippen molar-refractivity contribution in [1.29, 1.82) is 0 Å². The van der Waals surface area contributed by atoms with Crippen LogP contribution in [-0.4, -0.2) is 47.7 Å². The van der Waals surface area contributed by atoms with Crippen LogP contribution in [0.15, 0.2) is 12.7 Å². The molecule has 0 aromatic heterocycles. The average Bonchev–Trinajstić information content (AvgIpc) is 2.92. The largest absolute Gasteiger partial charge is 0.467 e. The zero-order valence-corrected chi connectivity index (χ0v) is 14.8. The lowest BCUT2D eigenvalue weighted by Crippen LogP contribution is -2.45. The Labute approximate surface area is 139 Å². The number of carbonyl (C=O) groups is 2. The number of allylic oxidation sites excluding steroid dienone is 1. The first-order valence-electron chi connectivity index (χ1n) is 8.49. The average molecular weight is 325 g/mol. The van der Waals surface area contributed by atoms with Crippen LogP contribution in [0.25, 0.3) is 0 Å². The fourth-order valence-corrected chi connectivity index (χ4v) is 3.28. The quantitative estimate of drug-likeness (QED) is 0.550. The minimum absolute atomic E-state index is 0.0691. The van der Waals surface area contributed by atoms with Gasteiger partial charge in [-0.2, -0.15) is 0 Å². The van der Waals surface area contributed by atoms with Crippen LogP contribution in [0.3, 0.4) is 0 Å². The van der Waals surface area contributed by atoms with E-state index in [4.69, 9.17) is 4.74 Å². The molecule has 0 spiro atoms. The number of hydrogen-bond donors (Lipinski definition) is 1. The Morgan fingerprint density at radius 2 is 2.04 bits per heavy atom. The molecule has 1 saturated heterocycles. The smallest absolute Gasteiger partial charge is 0.328 e. The van der Waals surface area contributed by atoms with E-state index in [0.29, 0.717) is 5.92 Å². The standard InChI is InChI=1S/C18H31NO4/c1-6-7-8-12(2)9-13(3)14(4)17(21)19-11-15(20)10-16(19)18(22)23-5/h6,12-16,20H,1,7-11H2,2-5H3/t12?,13-,14-,15-,16+/m1/s1. The van der Waals surface area contributed by atoms with Crippen LogP contribution < -0.4 is 0 Å². The molecule has 5 atom stereocenters. The number of esters is 1. The summed E-state index contributed by atoms with van der Waals surface area (Å²) >= 11 is 0. The van der Waals surface area contributed by atoms with Crippen molar-refractivity contribution in [2.45, 2.75) is 58.6 Å². The van der Waals surface area contributed by atoms with E-state index in [0.717, 1.165) is 19.3 Å². The normalized spacial score (nSPS) is 24.8. The first kappa shape index (κ1) is 19.7. The molecule has 0 aromatic carbocycles. The number of aliphatic hydroxyl groups excluding tert-OH is 1. The van der Waals surface area contributed by atoms with Crippen molar-refractivity contribution in [2.75, 3.05) is 13.7 Å². The monoisotopic (exact) mass is 325 g/mol. The van der Waals surface area contributed by atoms with E-state index in [1.54, 1.807) is 0 Å². The molecule has 1 aliphatic rings. The summed E-state index contributed by atoms with van der Waals surface area (Å²) in [5.41, 5.74) is 0. The molecule has 1 heterocycles. The van der Waals surface area contributed by atoms with Gasteiger partial charge in [0.25, 0.3) is 0 Å². The number of nitrogens with zero attached hydrogens (tertiary/aromatic N) is 1. The molecule has 1 rings (SSSR count). The SMILES string of the molecule is C=CCCC(C)C[C@@H](C)[C@@H](C)C(=O)N1C[C@H](O)C[C@H]1C(=O)OC. The van der Waals surface area contributed by atoms with Crippen molar-refractivity contribution in [3.63, 3.8) is 0 Å². The lowest BCUT2D eigenvalue weighted by atomic mass is 9.85. The number of rotatable bonds is 8. The van der Waals surface area contributed by atoms with Crippen LogP contribution in [0.1, 0.15) is 46.5 Å². The summed E-state index contributed by atoms with van der Waals surface area (Å²) in [7, 11) is 1.31. The summed E-state index contributed by atoms with van der Waals surface area (Å²) < 4.78 is 4.76. The maximum Gasteiger partial charge on any atom is 0.328 e. The van der Waals surface area contributed by atoms with Gasteiger partial charge >= 0.3 is 5.97 Å². The maximum atomic E-state index is 12.7. The highest BCUT2D eigenvalue weighted by molar-refractivity contribution is 5.86. The highest BCUT2D eigenvalue weighted by atomic mass is 16.5. The zero-order chi connectivity index (χ0) is 17.6. The summed E-state index contributed by atoms with van der Waals surface area (Å²) in [5.74, 6) is 0.0466. The minimum Gasteiger partial charge on any atom is -0.467 e. The van der Waals surface area contributed by atoms with Crippen LogP contribution in [0.4, 0.5) is 0 Å². The number of aliphatic hydroxyl groups is 1. The van der Waals surface area contributed by atoms with Crippen molar-refractivity contribution < 1.29 is 19.4 Å². The topological polar surface area (TPSA) is 66.8 Å². The molecule has 5 heteroatoms. The molecular weight excluding hydrogens is 294 g/mol. The van der Waals surface area contributed by atoms with Gasteiger partial charge in [-0.05, 0) is 31.1 Å². The van der Waals surface area contributed by atoms with Gasteiger partial charge in [-0.25, -0.2) is 4.79 Å². The summed E-state index contributed by atoms with van der Waals surface area (Å²) in [6.07, 6.45) is 4.54. The molecule has 132 valence electrons. The first-order valence-corrected chi connectivity index (χ1v) is 8.49. The fraction of sp³-hybridized carbons (Fsp3) is 0.778. The molecule has 1 N–H and O–H groups in total.